The fourth-order valence-electron chi connectivity index (χ4n) is 1.00. The minimum absolute atomic E-state index is 0.250. The molecule has 0 saturated carbocycles. The lowest BCUT2D eigenvalue weighted by Gasteiger charge is -2.05. The summed E-state index contributed by atoms with van der Waals surface area (Å²) in [5.74, 6) is -2.32. The first-order chi connectivity index (χ1) is 7.84. The Labute approximate surface area is 98.8 Å². The maximum atomic E-state index is 11.9. The van der Waals surface area contributed by atoms with E-state index in [0.717, 1.165) is 11.3 Å². The molecule has 2 amide bonds. The predicted molar refractivity (Wildman–Crippen MR) is 55.6 cm³/mol. The fourth-order valence-corrected chi connectivity index (χ4v) is 1.81. The van der Waals surface area contributed by atoms with Crippen LogP contribution >= 0.6 is 11.3 Å². The second-order valence-electron chi connectivity index (χ2n) is 3.06. The van der Waals surface area contributed by atoms with Crippen LogP contribution in [0.25, 0.3) is 0 Å². The lowest BCUT2D eigenvalue weighted by molar-refractivity contribution is -0.173. The zero-order valence-corrected chi connectivity index (χ0v) is 9.54. The molecule has 0 spiro atoms. The van der Waals surface area contributed by atoms with Crippen molar-refractivity contribution < 1.29 is 22.8 Å². The van der Waals surface area contributed by atoms with Crippen LogP contribution < -0.4 is 10.6 Å². The van der Waals surface area contributed by atoms with Crippen molar-refractivity contribution in [2.24, 2.45) is 0 Å². The second-order valence-corrected chi connectivity index (χ2v) is 4.06. The molecule has 8 heteroatoms. The highest BCUT2D eigenvalue weighted by Crippen LogP contribution is 2.17. The zero-order valence-electron chi connectivity index (χ0n) is 8.72. The minimum Gasteiger partial charge on any atom is -0.355 e. The van der Waals surface area contributed by atoms with Crippen molar-refractivity contribution in [3.05, 3.63) is 21.9 Å². The van der Waals surface area contributed by atoms with Gasteiger partial charge in [-0.1, -0.05) is 0 Å². The van der Waals surface area contributed by atoms with Gasteiger partial charge in [-0.15, -0.1) is 11.3 Å². The van der Waals surface area contributed by atoms with Crippen LogP contribution in [0.2, 0.25) is 0 Å². The molecule has 0 unspecified atom stereocenters. The van der Waals surface area contributed by atoms with Crippen molar-refractivity contribution >= 4 is 23.2 Å². The van der Waals surface area contributed by atoms with Crippen LogP contribution in [0.5, 0.6) is 0 Å². The summed E-state index contributed by atoms with van der Waals surface area (Å²) in [5, 5.41) is 5.62. The number of nitrogens with one attached hydrogen (secondary N) is 2. The molecule has 0 aromatic carbocycles. The first-order valence-corrected chi connectivity index (χ1v) is 5.37. The normalized spacial score (nSPS) is 11.1. The van der Waals surface area contributed by atoms with Crippen molar-refractivity contribution in [3.8, 4) is 0 Å². The molecule has 0 aliphatic rings. The molecule has 1 heterocycles. The summed E-state index contributed by atoms with van der Waals surface area (Å²) < 4.78 is 35.6. The van der Waals surface area contributed by atoms with E-state index in [0.29, 0.717) is 10.4 Å². The number of rotatable bonds is 3. The number of hydrogen-bond donors (Lipinski definition) is 2. The van der Waals surface area contributed by atoms with Crippen LogP contribution in [0.15, 0.2) is 11.4 Å². The summed E-state index contributed by atoms with van der Waals surface area (Å²) in [7, 11) is 1.45. The van der Waals surface area contributed by atoms with Gasteiger partial charge in [0.25, 0.3) is 5.91 Å². The largest absolute Gasteiger partial charge is 0.471 e. The van der Waals surface area contributed by atoms with E-state index in [4.69, 9.17) is 0 Å². The first kappa shape index (κ1) is 13.5. The Balaban J connectivity index is 2.56. The van der Waals surface area contributed by atoms with Crippen molar-refractivity contribution in [1.29, 1.82) is 0 Å². The molecular formula is C9H9F3N2O2S. The molecule has 1 aromatic rings. The molecule has 0 atom stereocenters. The molecular weight excluding hydrogens is 257 g/mol. The van der Waals surface area contributed by atoms with Crippen molar-refractivity contribution in [1.82, 2.24) is 10.6 Å². The number of carbonyl (C=O) groups is 2. The maximum Gasteiger partial charge on any atom is 0.471 e. The van der Waals surface area contributed by atoms with Gasteiger partial charge >= 0.3 is 12.1 Å². The highest BCUT2D eigenvalue weighted by molar-refractivity contribution is 7.10. The monoisotopic (exact) mass is 266 g/mol. The first-order valence-electron chi connectivity index (χ1n) is 4.49. The number of carbonyl (C=O) groups excluding carboxylic acids is 2. The Kier molecular flexibility index (Phi) is 4.11. The summed E-state index contributed by atoms with van der Waals surface area (Å²) in [6, 6.07) is 1.43. The van der Waals surface area contributed by atoms with Gasteiger partial charge in [-0.25, -0.2) is 0 Å². The Morgan fingerprint density at radius 2 is 2.06 bits per heavy atom. The third-order valence-electron chi connectivity index (χ3n) is 1.82. The minimum atomic E-state index is -4.89. The SMILES string of the molecule is CNC(=O)c1csc(CNC(=O)C(F)(F)F)c1. The van der Waals surface area contributed by atoms with Gasteiger partial charge in [0.15, 0.2) is 0 Å². The zero-order chi connectivity index (χ0) is 13.1. The van der Waals surface area contributed by atoms with E-state index in [1.54, 1.807) is 5.32 Å². The van der Waals surface area contributed by atoms with Crippen LogP contribution in [0.3, 0.4) is 0 Å². The van der Waals surface area contributed by atoms with Gasteiger partial charge < -0.3 is 10.6 Å². The number of hydrogen-bond acceptors (Lipinski definition) is 3. The summed E-state index contributed by atoms with van der Waals surface area (Å²) in [5.41, 5.74) is 0.355. The van der Waals surface area contributed by atoms with Crippen molar-refractivity contribution in [3.63, 3.8) is 0 Å². The maximum absolute atomic E-state index is 11.9. The third kappa shape index (κ3) is 3.74. The lowest BCUT2D eigenvalue weighted by Crippen LogP contribution is -2.36. The van der Waals surface area contributed by atoms with Crippen molar-refractivity contribution in [2.75, 3.05) is 7.05 Å². The van der Waals surface area contributed by atoms with Crippen molar-refractivity contribution in [2.45, 2.75) is 12.7 Å². The Bertz CT molecular complexity index is 428. The number of halogens is 3. The molecule has 17 heavy (non-hydrogen) atoms. The molecule has 4 nitrogen and oxygen atoms in total. The van der Waals surface area contributed by atoms with Crippen LogP contribution in [-0.2, 0) is 11.3 Å². The lowest BCUT2D eigenvalue weighted by atomic mass is 10.3. The van der Waals surface area contributed by atoms with Crippen LogP contribution in [0, 0.1) is 0 Å². The van der Waals surface area contributed by atoms with Gasteiger partial charge in [0.2, 0.25) is 0 Å². The standard InChI is InChI=1S/C9H9F3N2O2S/c1-13-7(15)5-2-6(17-4-5)3-14-8(16)9(10,11)12/h2,4H,3H2,1H3,(H,13,15)(H,14,16). The molecule has 2 N–H and O–H groups in total. The number of alkyl halides is 3. The van der Waals surface area contributed by atoms with Gasteiger partial charge in [-0.05, 0) is 6.07 Å². The van der Waals surface area contributed by atoms with E-state index in [9.17, 15) is 22.8 Å². The second kappa shape index (κ2) is 5.17. The quantitative estimate of drug-likeness (QED) is 0.866. The smallest absolute Gasteiger partial charge is 0.355 e. The predicted octanol–water partition coefficient (Wildman–Crippen LogP) is 1.29. The van der Waals surface area contributed by atoms with Crippen LogP contribution in [0.1, 0.15) is 15.2 Å². The van der Waals surface area contributed by atoms with Gasteiger partial charge in [-0.2, -0.15) is 13.2 Å². The van der Waals surface area contributed by atoms with Crippen LogP contribution in [-0.4, -0.2) is 25.0 Å². The molecule has 1 rings (SSSR count). The summed E-state index contributed by atoms with van der Waals surface area (Å²) >= 11 is 1.10. The molecule has 0 radical (unpaired) electrons. The van der Waals surface area contributed by atoms with E-state index in [-0.39, 0.29) is 12.5 Å². The number of thiophene rings is 1. The van der Waals surface area contributed by atoms with E-state index < -0.39 is 12.1 Å². The topological polar surface area (TPSA) is 58.2 Å². The van der Waals surface area contributed by atoms with Gasteiger partial charge in [0.05, 0.1) is 12.1 Å². The Morgan fingerprint density at radius 3 is 2.59 bits per heavy atom. The van der Waals surface area contributed by atoms with Crippen LogP contribution in [0.4, 0.5) is 13.2 Å². The average Bonchev–Trinajstić information content (AvgIpc) is 2.72. The Hall–Kier alpha value is -1.57. The molecule has 0 aliphatic heterocycles. The summed E-state index contributed by atoms with van der Waals surface area (Å²) in [6.45, 7) is -0.250. The van der Waals surface area contributed by atoms with E-state index in [1.807, 2.05) is 0 Å². The Morgan fingerprint density at radius 1 is 1.41 bits per heavy atom. The molecule has 0 fully saturated rings. The molecule has 0 saturated heterocycles. The summed E-state index contributed by atoms with van der Waals surface area (Å²) in [4.78, 5) is 22.1. The summed E-state index contributed by atoms with van der Waals surface area (Å²) in [6.07, 6.45) is -4.89. The molecule has 0 bridgehead atoms. The molecule has 0 aliphatic carbocycles. The van der Waals surface area contributed by atoms with Gasteiger partial charge in [0, 0.05) is 17.3 Å². The molecule has 1 aromatic heterocycles. The molecule has 94 valence electrons. The number of amides is 2. The fraction of sp³-hybridized carbons (Fsp3) is 0.333. The van der Waals surface area contributed by atoms with Gasteiger partial charge in [-0.3, -0.25) is 9.59 Å². The highest BCUT2D eigenvalue weighted by Gasteiger charge is 2.38. The van der Waals surface area contributed by atoms with E-state index in [2.05, 4.69) is 5.32 Å². The van der Waals surface area contributed by atoms with E-state index >= 15 is 0 Å². The highest BCUT2D eigenvalue weighted by atomic mass is 32.1. The third-order valence-corrected chi connectivity index (χ3v) is 2.76. The van der Waals surface area contributed by atoms with Gasteiger partial charge in [0.1, 0.15) is 0 Å². The van der Waals surface area contributed by atoms with E-state index in [1.165, 1.54) is 18.5 Å². The average molecular weight is 266 g/mol.